The van der Waals surface area contributed by atoms with Gasteiger partial charge in [-0.3, -0.25) is 5.32 Å². The number of carboxylic acid groups (broad SMARTS) is 1. The third kappa shape index (κ3) is 6.06. The average molecular weight is 638 g/mol. The van der Waals surface area contributed by atoms with Crippen molar-refractivity contribution >= 4 is 5.97 Å². The van der Waals surface area contributed by atoms with Crippen LogP contribution in [0.2, 0.25) is 0 Å². The summed E-state index contributed by atoms with van der Waals surface area (Å²) in [6.07, 6.45) is -8.12. The fourth-order valence-corrected chi connectivity index (χ4v) is 6.08. The third-order valence-electron chi connectivity index (χ3n) is 8.52. The number of benzene rings is 3. The Balaban J connectivity index is 1.31. The molecule has 3 aromatic rings. The molecule has 0 saturated carbocycles. The van der Waals surface area contributed by atoms with E-state index in [1.54, 1.807) is 19.2 Å². The summed E-state index contributed by atoms with van der Waals surface area (Å²) in [6, 6.07) is 16.7. The smallest absolute Gasteiger partial charge is 0.335 e. The Morgan fingerprint density at radius 2 is 1.83 bits per heavy atom. The van der Waals surface area contributed by atoms with E-state index in [4.69, 9.17) is 28.4 Å². The summed E-state index contributed by atoms with van der Waals surface area (Å²) in [5, 5.41) is 43.7. The van der Waals surface area contributed by atoms with Crippen LogP contribution < -0.4 is 29.0 Å². The lowest BCUT2D eigenvalue weighted by atomic mass is 9.85. The highest BCUT2D eigenvalue weighted by Crippen LogP contribution is 2.58. The molecule has 12 nitrogen and oxygen atoms in total. The number of hydrogen-bond donors (Lipinski definition) is 5. The number of aliphatic hydroxyl groups excluding tert-OH is 3. The fraction of sp³-hybridized carbons (Fsp3) is 0.441. The van der Waals surface area contributed by atoms with E-state index in [1.807, 2.05) is 42.5 Å². The highest BCUT2D eigenvalue weighted by molar-refractivity contribution is 5.75. The van der Waals surface area contributed by atoms with Crippen LogP contribution in [-0.4, -0.2) is 84.1 Å². The molecule has 3 aliphatic rings. The van der Waals surface area contributed by atoms with E-state index < -0.39 is 42.8 Å². The van der Waals surface area contributed by atoms with Gasteiger partial charge in [0.05, 0.1) is 19.6 Å². The Hall–Kier alpha value is -4.07. The van der Waals surface area contributed by atoms with Gasteiger partial charge in [-0.05, 0) is 42.1 Å². The monoisotopic (exact) mass is 637 g/mol. The lowest BCUT2D eigenvalue weighted by molar-refractivity contribution is -0.271. The summed E-state index contributed by atoms with van der Waals surface area (Å²) >= 11 is 0. The zero-order valence-corrected chi connectivity index (χ0v) is 25.8. The molecule has 6 rings (SSSR count). The Kier molecular flexibility index (Phi) is 9.25. The van der Waals surface area contributed by atoms with Crippen LogP contribution in [0.4, 0.5) is 0 Å². The van der Waals surface area contributed by atoms with Crippen molar-refractivity contribution in [2.75, 3.05) is 27.0 Å². The molecule has 3 aliphatic heterocycles. The first-order valence-electron chi connectivity index (χ1n) is 15.3. The van der Waals surface area contributed by atoms with Gasteiger partial charge in [-0.15, -0.1) is 0 Å². The second kappa shape index (κ2) is 13.3. The zero-order valence-electron chi connectivity index (χ0n) is 25.8. The van der Waals surface area contributed by atoms with Gasteiger partial charge >= 0.3 is 5.97 Å². The summed E-state index contributed by atoms with van der Waals surface area (Å²) in [5.74, 6) is 1.24. The summed E-state index contributed by atoms with van der Waals surface area (Å²) in [7, 11) is 1.58. The number of hydrogen-bond acceptors (Lipinski definition) is 11. The topological polar surface area (TPSA) is 165 Å². The van der Waals surface area contributed by atoms with Gasteiger partial charge < -0.3 is 48.8 Å². The summed E-state index contributed by atoms with van der Waals surface area (Å²) < 4.78 is 36.0. The molecule has 3 aromatic carbocycles. The first-order chi connectivity index (χ1) is 22.2. The summed E-state index contributed by atoms with van der Waals surface area (Å²) in [6.45, 7) is 5.79. The van der Waals surface area contributed by atoms with Gasteiger partial charge in [0.1, 0.15) is 42.6 Å². The highest BCUT2D eigenvalue weighted by Gasteiger charge is 2.49. The van der Waals surface area contributed by atoms with Crippen LogP contribution in [0, 0.1) is 5.92 Å². The van der Waals surface area contributed by atoms with Crippen LogP contribution in [0.25, 0.3) is 11.1 Å². The Labute approximate surface area is 266 Å². The zero-order chi connectivity index (χ0) is 32.5. The minimum Gasteiger partial charge on any atom is -0.492 e. The first-order valence-corrected chi connectivity index (χ1v) is 15.3. The Morgan fingerprint density at radius 1 is 1.04 bits per heavy atom. The number of nitrogens with one attached hydrogen (secondary N) is 1. The molecule has 0 unspecified atom stereocenters. The molecule has 46 heavy (non-hydrogen) atoms. The maximum absolute atomic E-state index is 11.6. The van der Waals surface area contributed by atoms with Crippen LogP contribution in [0.5, 0.6) is 28.7 Å². The van der Waals surface area contributed by atoms with E-state index in [0.29, 0.717) is 35.6 Å². The van der Waals surface area contributed by atoms with Crippen molar-refractivity contribution in [2.45, 2.75) is 63.0 Å². The van der Waals surface area contributed by atoms with Gasteiger partial charge in [0.2, 0.25) is 12.0 Å². The van der Waals surface area contributed by atoms with E-state index >= 15 is 0 Å². The molecule has 7 atom stereocenters. The number of ether oxygens (including phenoxy) is 6. The first kappa shape index (κ1) is 31.9. The number of fused-ring (bicyclic) bond motifs is 5. The predicted molar refractivity (Wildman–Crippen MR) is 164 cm³/mol. The molecule has 5 N–H and O–H groups in total. The minimum atomic E-state index is -1.83. The van der Waals surface area contributed by atoms with Crippen molar-refractivity contribution in [1.82, 2.24) is 5.32 Å². The number of aliphatic hydroxyl groups is 3. The second-order valence-electron chi connectivity index (χ2n) is 12.0. The maximum Gasteiger partial charge on any atom is 0.335 e. The molecule has 0 bridgehead atoms. The lowest BCUT2D eigenvalue weighted by Crippen LogP contribution is -2.61. The number of aliphatic carboxylic acids is 1. The molecule has 1 saturated heterocycles. The minimum absolute atomic E-state index is 0.152. The summed E-state index contributed by atoms with van der Waals surface area (Å²) in [5.41, 5.74) is 3.26. The van der Waals surface area contributed by atoms with Gasteiger partial charge in [-0.2, -0.15) is 0 Å². The third-order valence-corrected chi connectivity index (χ3v) is 8.52. The molecule has 0 spiro atoms. The molecular weight excluding hydrogens is 598 g/mol. The van der Waals surface area contributed by atoms with E-state index in [0.717, 1.165) is 35.2 Å². The SMILES string of the molecule is COc1c(OCNCCC(C)C)ccc2c1O[C@@H]1c3c(cc(O[C@H]4O[C@H](C(=O)O)[C@@H](O)[C@H](O)[C@H]4O)cc3-c3ccccc3)OC[C@@H]21. The van der Waals surface area contributed by atoms with Crippen LogP contribution in [0.15, 0.2) is 54.6 Å². The molecular formula is C34H39NO11. The van der Waals surface area contributed by atoms with Gasteiger partial charge in [-0.25, -0.2) is 4.79 Å². The van der Waals surface area contributed by atoms with Crippen LogP contribution in [0.3, 0.4) is 0 Å². The van der Waals surface area contributed by atoms with Crippen molar-refractivity contribution in [2.24, 2.45) is 5.92 Å². The maximum atomic E-state index is 11.6. The number of carboxylic acids is 1. The average Bonchev–Trinajstić information content (AvgIpc) is 3.43. The molecule has 0 amide bonds. The van der Waals surface area contributed by atoms with Crippen molar-refractivity contribution in [1.29, 1.82) is 0 Å². The lowest BCUT2D eigenvalue weighted by Gasteiger charge is -2.38. The van der Waals surface area contributed by atoms with Crippen LogP contribution in [0.1, 0.15) is 43.4 Å². The molecule has 3 heterocycles. The van der Waals surface area contributed by atoms with Crippen molar-refractivity contribution < 1.29 is 53.6 Å². The number of carbonyl (C=O) groups is 1. The van der Waals surface area contributed by atoms with E-state index in [1.165, 1.54) is 0 Å². The van der Waals surface area contributed by atoms with Gasteiger partial charge in [0.15, 0.2) is 17.6 Å². The predicted octanol–water partition coefficient (Wildman–Crippen LogP) is 3.21. The normalized spacial score (nSPS) is 26.3. The molecule has 0 radical (unpaired) electrons. The molecule has 1 fully saturated rings. The van der Waals surface area contributed by atoms with Crippen LogP contribution >= 0.6 is 0 Å². The Bertz CT molecular complexity index is 1550. The van der Waals surface area contributed by atoms with Gasteiger partial charge in [0.25, 0.3) is 0 Å². The summed E-state index contributed by atoms with van der Waals surface area (Å²) in [4.78, 5) is 11.6. The molecule has 0 aliphatic carbocycles. The van der Waals surface area contributed by atoms with E-state index in [-0.39, 0.29) is 18.3 Å². The van der Waals surface area contributed by atoms with E-state index in [2.05, 4.69) is 19.2 Å². The Morgan fingerprint density at radius 3 is 2.54 bits per heavy atom. The standard InChI is InChI=1S/C34H39NO11/c1-17(2)11-12-35-16-43-23-10-9-20-22-15-42-24-14-19(44-34-28(38)26(36)27(37)32(46-34)33(39)40)13-21(18-7-5-4-6-8-18)25(24)29(22)45-30(20)31(23)41-3/h4-10,13-14,17,22,26-29,32,34-38H,11-12,15-16H2,1-3H3,(H,39,40)/t22-,26-,27-,28+,29-,32-,34-/m0/s1. The van der Waals surface area contributed by atoms with Crippen molar-refractivity contribution in [3.63, 3.8) is 0 Å². The molecule has 12 heteroatoms. The van der Waals surface area contributed by atoms with E-state index in [9.17, 15) is 25.2 Å². The highest BCUT2D eigenvalue weighted by atomic mass is 16.7. The fourth-order valence-electron chi connectivity index (χ4n) is 6.08. The van der Waals surface area contributed by atoms with Crippen molar-refractivity contribution in [3.05, 3.63) is 65.7 Å². The second-order valence-corrected chi connectivity index (χ2v) is 12.0. The largest absolute Gasteiger partial charge is 0.492 e. The van der Waals surface area contributed by atoms with Crippen molar-refractivity contribution in [3.8, 4) is 39.9 Å². The molecule has 0 aromatic heterocycles. The quantitative estimate of drug-likeness (QED) is 0.154. The molecule has 246 valence electrons. The van der Waals surface area contributed by atoms with Crippen LogP contribution in [-0.2, 0) is 9.53 Å². The van der Waals surface area contributed by atoms with Gasteiger partial charge in [-0.1, -0.05) is 50.2 Å². The number of rotatable bonds is 11. The van der Waals surface area contributed by atoms with Gasteiger partial charge in [0, 0.05) is 17.2 Å². The number of methoxy groups -OCH3 is 1.